The van der Waals surface area contributed by atoms with Crippen LogP contribution < -0.4 is 10.1 Å². The van der Waals surface area contributed by atoms with Crippen LogP contribution in [-0.2, 0) is 26.0 Å². The highest BCUT2D eigenvalue weighted by atomic mass is 32.2. The van der Waals surface area contributed by atoms with E-state index in [1.807, 2.05) is 0 Å². The van der Waals surface area contributed by atoms with Gasteiger partial charge >= 0.3 is 12.1 Å². The molecule has 2 heterocycles. The smallest absolute Gasteiger partial charge is 0.414 e. The van der Waals surface area contributed by atoms with Gasteiger partial charge in [0.1, 0.15) is 22.7 Å². The van der Waals surface area contributed by atoms with E-state index in [1.165, 1.54) is 41.6 Å². The number of carboxylic acid groups (broad SMARTS) is 1. The summed E-state index contributed by atoms with van der Waals surface area (Å²) in [6, 6.07) is 6.84. The second-order valence-electron chi connectivity index (χ2n) is 7.97. The highest BCUT2D eigenvalue weighted by Crippen LogP contribution is 2.26. The average Bonchev–Trinajstić information content (AvgIpc) is 3.31. The molecule has 0 aliphatic carbocycles. The van der Waals surface area contributed by atoms with Crippen molar-refractivity contribution in [2.45, 2.75) is 36.2 Å². The van der Waals surface area contributed by atoms with Crippen LogP contribution in [-0.4, -0.2) is 78.4 Å². The fourth-order valence-corrected chi connectivity index (χ4v) is 5.14. The Kier molecular flexibility index (Phi) is 7.84. The van der Waals surface area contributed by atoms with Crippen molar-refractivity contribution in [2.24, 2.45) is 0 Å². The molecule has 0 saturated carbocycles. The molecule has 3 rings (SSSR count). The lowest BCUT2D eigenvalue weighted by Gasteiger charge is -2.25. The van der Waals surface area contributed by atoms with Crippen LogP contribution >= 0.6 is 0 Å². The molecule has 0 unspecified atom stereocenters. The summed E-state index contributed by atoms with van der Waals surface area (Å²) in [5.74, 6) is -1.63. The molecule has 1 aromatic heterocycles. The van der Waals surface area contributed by atoms with Gasteiger partial charge in [-0.2, -0.15) is 4.31 Å². The number of nitrogens with one attached hydrogen (secondary N) is 1. The fraction of sp³-hybridized carbons (Fsp3) is 0.364. The van der Waals surface area contributed by atoms with Crippen LogP contribution in [0.25, 0.3) is 0 Å². The second-order valence-corrected chi connectivity index (χ2v) is 9.86. The van der Waals surface area contributed by atoms with Crippen LogP contribution in [0.5, 0.6) is 5.75 Å². The van der Waals surface area contributed by atoms with Crippen molar-refractivity contribution >= 4 is 28.0 Å². The Balaban J connectivity index is 1.69. The summed E-state index contributed by atoms with van der Waals surface area (Å²) in [5, 5.41) is 12.1. The molecule has 182 valence electrons. The first-order valence-electron chi connectivity index (χ1n) is 10.5. The molecule has 0 spiro atoms. The predicted octanol–water partition coefficient (Wildman–Crippen LogP) is 1.11. The summed E-state index contributed by atoms with van der Waals surface area (Å²) in [6.07, 6.45) is 2.83. The Morgan fingerprint density at radius 3 is 2.53 bits per heavy atom. The molecule has 34 heavy (non-hydrogen) atoms. The molecule has 0 radical (unpaired) electrons. The molecule has 2 atom stereocenters. The fourth-order valence-electron chi connectivity index (χ4n) is 3.51. The van der Waals surface area contributed by atoms with Crippen LogP contribution in [0.1, 0.15) is 18.4 Å². The van der Waals surface area contributed by atoms with Gasteiger partial charge in [-0.1, -0.05) is 12.1 Å². The maximum atomic E-state index is 13.0. The van der Waals surface area contributed by atoms with Crippen LogP contribution in [0.4, 0.5) is 4.79 Å². The molecule has 2 amide bonds. The van der Waals surface area contributed by atoms with Crippen LogP contribution in [0.2, 0.25) is 0 Å². The molecule has 11 nitrogen and oxygen atoms in total. The normalized spacial score (nSPS) is 17.1. The van der Waals surface area contributed by atoms with Crippen molar-refractivity contribution in [1.29, 1.82) is 0 Å². The first kappa shape index (κ1) is 25.1. The molecule has 1 aliphatic heterocycles. The first-order chi connectivity index (χ1) is 16.1. The quantitative estimate of drug-likeness (QED) is 0.559. The summed E-state index contributed by atoms with van der Waals surface area (Å²) in [4.78, 5) is 41.4. The number of carbonyl (C=O) groups is 3. The van der Waals surface area contributed by atoms with Gasteiger partial charge in [0.15, 0.2) is 0 Å². The van der Waals surface area contributed by atoms with Crippen molar-refractivity contribution in [3.63, 3.8) is 0 Å². The van der Waals surface area contributed by atoms with Crippen LogP contribution in [0.3, 0.4) is 0 Å². The van der Waals surface area contributed by atoms with E-state index in [0.717, 1.165) is 4.31 Å². The Hall–Kier alpha value is -3.51. The van der Waals surface area contributed by atoms with Gasteiger partial charge in [0.25, 0.3) is 0 Å². The molecule has 1 aliphatic rings. The number of ether oxygens (including phenoxy) is 1. The largest absolute Gasteiger partial charge is 0.480 e. The zero-order valence-electron chi connectivity index (χ0n) is 18.7. The number of nitrogens with zero attached hydrogens (tertiary/aromatic N) is 3. The summed E-state index contributed by atoms with van der Waals surface area (Å²) < 4.78 is 32.1. The third kappa shape index (κ3) is 5.88. The standard InChI is InChI=1S/C22H26N4O7S/c1-25(2)22(30)33-16-9-7-15(8-10-16)13-18(21(28)29)24-20(27)19-6-4-12-26(19)34(31,32)17-5-3-11-23-14-17/h3,5,7-11,14,18-19H,4,6,12-13H2,1-2H3,(H,24,27)(H,28,29)/t18-,19-/m0/s1. The number of carboxylic acids is 1. The second kappa shape index (κ2) is 10.6. The Labute approximate surface area is 197 Å². The van der Waals surface area contributed by atoms with Crippen molar-refractivity contribution in [2.75, 3.05) is 20.6 Å². The van der Waals surface area contributed by atoms with Crippen molar-refractivity contribution < 1.29 is 32.6 Å². The van der Waals surface area contributed by atoms with Gasteiger partial charge in [0.2, 0.25) is 15.9 Å². The number of aliphatic carboxylic acids is 1. The van der Waals surface area contributed by atoms with Crippen molar-refractivity contribution in [1.82, 2.24) is 19.5 Å². The lowest BCUT2D eigenvalue weighted by molar-refractivity contribution is -0.142. The van der Waals surface area contributed by atoms with Gasteiger partial charge in [0, 0.05) is 39.5 Å². The minimum absolute atomic E-state index is 0.0282. The SMILES string of the molecule is CN(C)C(=O)Oc1ccc(C[C@H](NC(=O)[C@@H]2CCCN2S(=O)(=O)c2cccnc2)C(=O)O)cc1. The van der Waals surface area contributed by atoms with Gasteiger partial charge in [-0.25, -0.2) is 18.0 Å². The first-order valence-corrected chi connectivity index (χ1v) is 12.0. The van der Waals surface area contributed by atoms with Gasteiger partial charge in [-0.3, -0.25) is 9.78 Å². The van der Waals surface area contributed by atoms with Gasteiger partial charge in [0.05, 0.1) is 0 Å². The maximum Gasteiger partial charge on any atom is 0.414 e. The molecule has 1 saturated heterocycles. The highest BCUT2D eigenvalue weighted by Gasteiger charge is 2.40. The Morgan fingerprint density at radius 1 is 1.24 bits per heavy atom. The van der Waals surface area contributed by atoms with Gasteiger partial charge in [-0.15, -0.1) is 0 Å². The Morgan fingerprint density at radius 2 is 1.94 bits per heavy atom. The number of hydrogen-bond donors (Lipinski definition) is 2. The lowest BCUT2D eigenvalue weighted by atomic mass is 10.1. The summed E-state index contributed by atoms with van der Waals surface area (Å²) in [7, 11) is -0.859. The predicted molar refractivity (Wildman–Crippen MR) is 121 cm³/mol. The lowest BCUT2D eigenvalue weighted by Crippen LogP contribution is -2.51. The van der Waals surface area contributed by atoms with E-state index in [9.17, 15) is 27.9 Å². The van der Waals surface area contributed by atoms with E-state index in [1.54, 1.807) is 26.2 Å². The zero-order chi connectivity index (χ0) is 24.9. The zero-order valence-corrected chi connectivity index (χ0v) is 19.6. The molecule has 12 heteroatoms. The number of rotatable bonds is 8. The average molecular weight is 491 g/mol. The monoisotopic (exact) mass is 490 g/mol. The van der Waals surface area contributed by atoms with E-state index in [0.29, 0.717) is 17.7 Å². The minimum atomic E-state index is -3.95. The number of hydrogen-bond acceptors (Lipinski definition) is 7. The molecule has 2 aromatic rings. The Bertz CT molecular complexity index is 1140. The van der Waals surface area contributed by atoms with E-state index < -0.39 is 40.1 Å². The van der Waals surface area contributed by atoms with Gasteiger partial charge < -0.3 is 20.1 Å². The molecule has 0 bridgehead atoms. The van der Waals surface area contributed by atoms with E-state index in [2.05, 4.69) is 10.3 Å². The number of aromatic nitrogens is 1. The topological polar surface area (TPSA) is 146 Å². The third-order valence-corrected chi connectivity index (χ3v) is 7.19. The van der Waals surface area contributed by atoms with Gasteiger partial charge in [-0.05, 0) is 42.7 Å². The van der Waals surface area contributed by atoms with E-state index in [-0.39, 0.29) is 24.3 Å². The number of benzene rings is 1. The number of carbonyl (C=O) groups excluding carboxylic acids is 2. The molecular weight excluding hydrogens is 464 g/mol. The summed E-state index contributed by atoms with van der Waals surface area (Å²) in [6.45, 7) is 0.153. The minimum Gasteiger partial charge on any atom is -0.480 e. The number of pyridine rings is 1. The maximum absolute atomic E-state index is 13.0. The molecular formula is C22H26N4O7S. The molecule has 1 aromatic carbocycles. The van der Waals surface area contributed by atoms with Crippen molar-refractivity contribution in [3.8, 4) is 5.75 Å². The highest BCUT2D eigenvalue weighted by molar-refractivity contribution is 7.89. The summed E-state index contributed by atoms with van der Waals surface area (Å²) in [5.41, 5.74) is 0.587. The van der Waals surface area contributed by atoms with Crippen molar-refractivity contribution in [3.05, 3.63) is 54.4 Å². The molecule has 1 fully saturated rings. The summed E-state index contributed by atoms with van der Waals surface area (Å²) >= 11 is 0. The number of sulfonamides is 1. The van der Waals surface area contributed by atoms with Crippen LogP contribution in [0.15, 0.2) is 53.7 Å². The third-order valence-electron chi connectivity index (χ3n) is 5.30. The van der Waals surface area contributed by atoms with E-state index >= 15 is 0 Å². The number of amides is 2. The van der Waals surface area contributed by atoms with Crippen LogP contribution in [0, 0.1) is 0 Å². The van der Waals surface area contributed by atoms with E-state index in [4.69, 9.17) is 4.74 Å². The molecule has 2 N–H and O–H groups in total.